The van der Waals surface area contributed by atoms with E-state index in [2.05, 4.69) is 10.3 Å². The summed E-state index contributed by atoms with van der Waals surface area (Å²) in [7, 11) is 0. The third-order valence-corrected chi connectivity index (χ3v) is 7.44. The quantitative estimate of drug-likeness (QED) is 0.247. The molecule has 1 unspecified atom stereocenters. The smallest absolute Gasteiger partial charge is 0.333 e. The van der Waals surface area contributed by atoms with Gasteiger partial charge in [-0.2, -0.15) is 0 Å². The van der Waals surface area contributed by atoms with Crippen molar-refractivity contribution in [1.82, 2.24) is 10.3 Å². The summed E-state index contributed by atoms with van der Waals surface area (Å²) in [5.74, 6) is -1.09. The Morgan fingerprint density at radius 3 is 2.38 bits per heavy atom. The van der Waals surface area contributed by atoms with Gasteiger partial charge in [0.2, 0.25) is 4.75 Å². The van der Waals surface area contributed by atoms with Crippen molar-refractivity contribution < 1.29 is 33.4 Å². The molecule has 2 heterocycles. The van der Waals surface area contributed by atoms with Crippen LogP contribution in [-0.4, -0.2) is 39.4 Å². The van der Waals surface area contributed by atoms with Crippen LogP contribution in [0.3, 0.4) is 0 Å². The second-order valence-corrected chi connectivity index (χ2v) is 10.5. The molecule has 40 heavy (non-hydrogen) atoms. The minimum absolute atomic E-state index is 0.000842. The first-order valence-electron chi connectivity index (χ1n) is 12.9. The van der Waals surface area contributed by atoms with E-state index in [-0.39, 0.29) is 25.1 Å². The van der Waals surface area contributed by atoms with Crippen LogP contribution in [0.4, 0.5) is 4.79 Å². The van der Waals surface area contributed by atoms with Gasteiger partial charge < -0.3 is 14.2 Å². The van der Waals surface area contributed by atoms with Crippen molar-refractivity contribution in [2.75, 3.05) is 6.61 Å². The summed E-state index contributed by atoms with van der Waals surface area (Å²) < 4.78 is 14.9. The fourth-order valence-electron chi connectivity index (χ4n) is 4.02. The van der Waals surface area contributed by atoms with Gasteiger partial charge in [-0.05, 0) is 48.0 Å². The maximum Gasteiger partial charge on any atom is 0.333 e. The van der Waals surface area contributed by atoms with Crippen LogP contribution in [0.2, 0.25) is 0 Å². The van der Waals surface area contributed by atoms with Crippen molar-refractivity contribution in [3.63, 3.8) is 0 Å². The highest BCUT2D eigenvalue weighted by Crippen LogP contribution is 2.37. The van der Waals surface area contributed by atoms with E-state index in [0.717, 1.165) is 16.8 Å². The highest BCUT2D eigenvalue weighted by atomic mass is 32.2. The van der Waals surface area contributed by atoms with Crippen molar-refractivity contribution in [2.24, 2.45) is 0 Å². The number of carbonyl (C=O) groups is 4. The van der Waals surface area contributed by atoms with Crippen LogP contribution in [0.25, 0.3) is 0 Å². The van der Waals surface area contributed by atoms with Gasteiger partial charge in [0.15, 0.2) is 0 Å². The molecule has 0 spiro atoms. The Bertz CT molecular complexity index is 1350. The predicted molar refractivity (Wildman–Crippen MR) is 148 cm³/mol. The normalized spacial score (nSPS) is 17.1. The monoisotopic (exact) mass is 562 g/mol. The Hall–Kier alpha value is -4.18. The molecule has 1 fully saturated rings. The van der Waals surface area contributed by atoms with Crippen molar-refractivity contribution in [3.05, 3.63) is 95.3 Å². The molecule has 1 N–H and O–H groups in total. The SMILES string of the molecule is CCC(=O)O[C@H](C)c1ccc(CCOc2ccc(CC3(C(=O)OCc4ccccc4)SC(=O)NC3=O)cc2)nc1. The molecule has 2 amide bonds. The topological polar surface area (TPSA) is 121 Å². The number of rotatable bonds is 12. The Labute approximate surface area is 236 Å². The van der Waals surface area contributed by atoms with Crippen molar-refractivity contribution in [3.8, 4) is 5.75 Å². The zero-order chi connectivity index (χ0) is 28.5. The third kappa shape index (κ3) is 7.26. The van der Waals surface area contributed by atoms with Gasteiger partial charge in [0.1, 0.15) is 18.5 Å². The lowest BCUT2D eigenvalue weighted by atomic mass is 9.97. The lowest BCUT2D eigenvalue weighted by Crippen LogP contribution is -2.46. The van der Waals surface area contributed by atoms with Crippen molar-refractivity contribution in [2.45, 2.75) is 50.6 Å². The zero-order valence-electron chi connectivity index (χ0n) is 22.3. The highest BCUT2D eigenvalue weighted by Gasteiger charge is 2.55. The molecule has 0 saturated carbocycles. The molecule has 9 nitrogen and oxygen atoms in total. The molecular formula is C30H30N2O7S. The van der Waals surface area contributed by atoms with Gasteiger partial charge in [0.25, 0.3) is 11.1 Å². The predicted octanol–water partition coefficient (Wildman–Crippen LogP) is 4.73. The second-order valence-electron chi connectivity index (χ2n) is 9.22. The molecule has 10 heteroatoms. The molecule has 2 aromatic carbocycles. The number of nitrogens with one attached hydrogen (secondary N) is 1. The van der Waals surface area contributed by atoms with Gasteiger partial charge in [-0.1, -0.05) is 55.5 Å². The lowest BCUT2D eigenvalue weighted by Gasteiger charge is -2.22. The number of hydrogen-bond donors (Lipinski definition) is 1. The molecule has 0 aliphatic carbocycles. The molecule has 3 aromatic rings. The largest absolute Gasteiger partial charge is 0.493 e. The third-order valence-electron chi connectivity index (χ3n) is 6.31. The number of esters is 2. The molecule has 208 valence electrons. The molecular weight excluding hydrogens is 532 g/mol. The van der Waals surface area contributed by atoms with E-state index in [9.17, 15) is 19.2 Å². The first-order valence-corrected chi connectivity index (χ1v) is 13.7. The molecule has 4 rings (SSSR count). The number of nitrogens with zero attached hydrogens (tertiary/aromatic N) is 1. The standard InChI is InChI=1S/C30H30N2O7S/c1-3-26(33)39-20(2)23-11-12-24(31-18-23)15-16-37-25-13-9-21(10-14-25)17-30(27(34)32-29(36)40-30)28(35)38-19-22-7-5-4-6-8-22/h4-14,18,20H,3,15-17,19H2,1-2H3,(H,32,34,36)/t20-,30?/m1/s1. The first kappa shape index (κ1) is 28.8. The summed E-state index contributed by atoms with van der Waals surface area (Å²) in [5, 5.41) is 1.63. The van der Waals surface area contributed by atoms with E-state index in [1.165, 1.54) is 0 Å². The molecule has 1 aliphatic heterocycles. The number of carbonyl (C=O) groups excluding carboxylic acids is 4. The fourth-order valence-corrected chi connectivity index (χ4v) is 5.01. The molecule has 1 aromatic heterocycles. The fraction of sp³-hybridized carbons (Fsp3) is 0.300. The maximum absolute atomic E-state index is 13.1. The summed E-state index contributed by atoms with van der Waals surface area (Å²) >= 11 is 0.645. The highest BCUT2D eigenvalue weighted by molar-refractivity contribution is 8.16. The number of aromatic nitrogens is 1. The first-order chi connectivity index (χ1) is 19.3. The van der Waals surface area contributed by atoms with E-state index >= 15 is 0 Å². The number of amides is 2. The summed E-state index contributed by atoms with van der Waals surface area (Å²) in [6.07, 6.45) is 2.22. The zero-order valence-corrected chi connectivity index (χ0v) is 23.1. The van der Waals surface area contributed by atoms with Crippen LogP contribution in [0.15, 0.2) is 72.9 Å². The summed E-state index contributed by atoms with van der Waals surface area (Å²) in [6.45, 7) is 3.94. The maximum atomic E-state index is 13.1. The minimum atomic E-state index is -1.70. The average molecular weight is 563 g/mol. The Balaban J connectivity index is 1.32. The van der Waals surface area contributed by atoms with Gasteiger partial charge in [-0.3, -0.25) is 24.7 Å². The summed E-state index contributed by atoms with van der Waals surface area (Å²) in [6, 6.07) is 19.9. The van der Waals surface area contributed by atoms with Gasteiger partial charge in [0, 0.05) is 36.7 Å². The van der Waals surface area contributed by atoms with E-state index < -0.39 is 21.9 Å². The van der Waals surface area contributed by atoms with Gasteiger partial charge in [-0.25, -0.2) is 4.79 Å². The molecule has 2 atom stereocenters. The van der Waals surface area contributed by atoms with Crippen LogP contribution in [0, 0.1) is 0 Å². The molecule has 1 saturated heterocycles. The van der Waals surface area contributed by atoms with E-state index in [1.54, 1.807) is 37.4 Å². The lowest BCUT2D eigenvalue weighted by molar-refractivity contribution is -0.151. The van der Waals surface area contributed by atoms with Crippen LogP contribution >= 0.6 is 11.8 Å². The van der Waals surface area contributed by atoms with Gasteiger partial charge in [0.05, 0.1) is 6.61 Å². The van der Waals surface area contributed by atoms with Gasteiger partial charge >= 0.3 is 11.9 Å². The average Bonchev–Trinajstić information content (AvgIpc) is 3.26. The second kappa shape index (κ2) is 13.3. The summed E-state index contributed by atoms with van der Waals surface area (Å²) in [4.78, 5) is 53.7. The van der Waals surface area contributed by atoms with E-state index in [4.69, 9.17) is 14.2 Å². The number of benzene rings is 2. The Morgan fingerprint density at radius 2 is 1.75 bits per heavy atom. The number of thioether (sulfide) groups is 1. The number of pyridine rings is 1. The number of imide groups is 1. The van der Waals surface area contributed by atoms with E-state index in [1.807, 2.05) is 49.4 Å². The number of ether oxygens (including phenoxy) is 3. The Kier molecular flexibility index (Phi) is 9.55. The minimum Gasteiger partial charge on any atom is -0.493 e. The van der Waals surface area contributed by atoms with Gasteiger partial charge in [-0.15, -0.1) is 0 Å². The van der Waals surface area contributed by atoms with Crippen LogP contribution in [-0.2, 0) is 43.3 Å². The summed E-state index contributed by atoms with van der Waals surface area (Å²) in [5.41, 5.74) is 3.11. The Morgan fingerprint density at radius 1 is 1.00 bits per heavy atom. The van der Waals surface area contributed by atoms with Crippen LogP contribution < -0.4 is 10.1 Å². The van der Waals surface area contributed by atoms with Crippen LogP contribution in [0.1, 0.15) is 48.8 Å². The number of hydrogen-bond acceptors (Lipinski definition) is 9. The van der Waals surface area contributed by atoms with E-state index in [0.29, 0.717) is 42.5 Å². The molecule has 0 bridgehead atoms. The van der Waals surface area contributed by atoms with Crippen molar-refractivity contribution >= 4 is 34.8 Å². The van der Waals surface area contributed by atoms with Crippen molar-refractivity contribution in [1.29, 1.82) is 0 Å². The molecule has 0 radical (unpaired) electrons. The van der Waals surface area contributed by atoms with Crippen LogP contribution in [0.5, 0.6) is 5.75 Å². The molecule has 1 aliphatic rings.